The zero-order valence-corrected chi connectivity index (χ0v) is 15.0. The Labute approximate surface area is 150 Å². The van der Waals surface area contributed by atoms with Crippen molar-refractivity contribution in [2.24, 2.45) is 0 Å². The first kappa shape index (κ1) is 17.2. The Kier molecular flexibility index (Phi) is 4.63. The van der Waals surface area contributed by atoms with E-state index in [1.807, 2.05) is 51.1 Å². The van der Waals surface area contributed by atoms with Crippen molar-refractivity contribution in [3.05, 3.63) is 59.0 Å². The van der Waals surface area contributed by atoms with Crippen molar-refractivity contribution in [1.29, 1.82) is 0 Å². The van der Waals surface area contributed by atoms with Gasteiger partial charge in [-0.15, -0.1) is 0 Å². The van der Waals surface area contributed by atoms with Crippen LogP contribution < -0.4 is 4.90 Å². The first-order chi connectivity index (χ1) is 11.9. The molecule has 0 aliphatic rings. The highest BCUT2D eigenvalue weighted by atomic mass is 35.5. The Balaban J connectivity index is 2.19. The Morgan fingerprint density at radius 2 is 1.92 bits per heavy atom. The fourth-order valence-electron chi connectivity index (χ4n) is 2.87. The Hall–Kier alpha value is -2.60. The van der Waals surface area contributed by atoms with Crippen LogP contribution in [0.4, 0.5) is 10.5 Å². The van der Waals surface area contributed by atoms with Crippen molar-refractivity contribution < 1.29 is 9.90 Å². The van der Waals surface area contributed by atoms with Gasteiger partial charge in [-0.05, 0) is 18.4 Å². The van der Waals surface area contributed by atoms with E-state index < -0.39 is 12.1 Å². The molecule has 0 spiro atoms. The topological polar surface area (TPSA) is 70.7 Å². The van der Waals surface area contributed by atoms with Crippen molar-refractivity contribution in [1.82, 2.24) is 14.6 Å². The highest BCUT2D eigenvalue weighted by Crippen LogP contribution is 2.32. The van der Waals surface area contributed by atoms with E-state index in [0.29, 0.717) is 11.3 Å². The first-order valence-corrected chi connectivity index (χ1v) is 8.39. The lowest BCUT2D eigenvalue weighted by Crippen LogP contribution is -2.32. The molecule has 1 aromatic carbocycles. The molecule has 0 aliphatic heterocycles. The predicted octanol–water partition coefficient (Wildman–Crippen LogP) is 4.75. The van der Waals surface area contributed by atoms with Gasteiger partial charge in [-0.25, -0.2) is 14.3 Å². The number of imidazole rings is 1. The number of nitrogens with zero attached hydrogens (tertiary/aromatic N) is 4. The zero-order valence-electron chi connectivity index (χ0n) is 14.2. The van der Waals surface area contributed by atoms with E-state index in [0.717, 1.165) is 11.3 Å². The van der Waals surface area contributed by atoms with Gasteiger partial charge < -0.3 is 5.11 Å². The molecule has 130 valence electrons. The normalized spacial score (nSPS) is 12.5. The lowest BCUT2D eigenvalue weighted by Gasteiger charge is -2.27. The molecule has 1 atom stereocenters. The second kappa shape index (κ2) is 6.72. The molecule has 0 saturated carbocycles. The highest BCUT2D eigenvalue weighted by Gasteiger charge is 2.27. The fourth-order valence-corrected chi connectivity index (χ4v) is 3.05. The van der Waals surface area contributed by atoms with Gasteiger partial charge in [0.1, 0.15) is 0 Å². The van der Waals surface area contributed by atoms with Crippen LogP contribution in [0.5, 0.6) is 0 Å². The van der Waals surface area contributed by atoms with Crippen LogP contribution in [0.3, 0.4) is 0 Å². The summed E-state index contributed by atoms with van der Waals surface area (Å²) >= 11 is 6.18. The summed E-state index contributed by atoms with van der Waals surface area (Å²) < 4.78 is 1.62. The molecular weight excluding hydrogens is 340 g/mol. The van der Waals surface area contributed by atoms with Gasteiger partial charge in [0, 0.05) is 6.07 Å². The predicted molar refractivity (Wildman–Crippen MR) is 97.4 cm³/mol. The minimum Gasteiger partial charge on any atom is -0.465 e. The SMILES string of the molecule is CC(C)c1cnc2c(N(C(=O)O)[C@@H](C)c3ccccc3)cc(Cl)nn12. The number of rotatable bonds is 4. The Bertz CT molecular complexity index is 908. The second-order valence-electron chi connectivity index (χ2n) is 6.16. The van der Waals surface area contributed by atoms with Crippen LogP contribution in [0.25, 0.3) is 5.65 Å². The molecule has 0 bridgehead atoms. The van der Waals surface area contributed by atoms with Crippen LogP contribution in [-0.4, -0.2) is 25.8 Å². The highest BCUT2D eigenvalue weighted by molar-refractivity contribution is 6.29. The summed E-state index contributed by atoms with van der Waals surface area (Å²) in [5.74, 6) is 0.179. The van der Waals surface area contributed by atoms with E-state index in [9.17, 15) is 9.90 Å². The monoisotopic (exact) mass is 358 g/mol. The van der Waals surface area contributed by atoms with Crippen LogP contribution in [0, 0.1) is 0 Å². The van der Waals surface area contributed by atoms with E-state index in [1.165, 1.54) is 4.90 Å². The van der Waals surface area contributed by atoms with Crippen molar-refractivity contribution in [2.45, 2.75) is 32.7 Å². The third-order valence-corrected chi connectivity index (χ3v) is 4.36. The molecule has 0 fully saturated rings. The van der Waals surface area contributed by atoms with Gasteiger partial charge in [0.25, 0.3) is 0 Å². The average Bonchev–Trinajstić information content (AvgIpc) is 2.99. The van der Waals surface area contributed by atoms with Crippen molar-refractivity contribution >= 4 is 29.0 Å². The maximum absolute atomic E-state index is 12.0. The number of carbonyl (C=O) groups is 1. The number of hydrogen-bond donors (Lipinski definition) is 1. The summed E-state index contributed by atoms with van der Waals surface area (Å²) in [4.78, 5) is 17.7. The van der Waals surface area contributed by atoms with Crippen molar-refractivity contribution in [3.8, 4) is 0 Å². The summed E-state index contributed by atoms with van der Waals surface area (Å²) in [5, 5.41) is 14.4. The van der Waals surface area contributed by atoms with Crippen LogP contribution in [0.1, 0.15) is 44.0 Å². The van der Waals surface area contributed by atoms with Gasteiger partial charge in [0.05, 0.1) is 23.6 Å². The average molecular weight is 359 g/mol. The number of hydrogen-bond acceptors (Lipinski definition) is 3. The number of anilines is 1. The molecule has 3 rings (SSSR count). The van der Waals surface area contributed by atoms with Crippen LogP contribution >= 0.6 is 11.6 Å². The number of aromatic nitrogens is 3. The maximum atomic E-state index is 12.0. The zero-order chi connectivity index (χ0) is 18.1. The minimum atomic E-state index is -1.07. The van der Waals surface area contributed by atoms with Gasteiger partial charge in [-0.3, -0.25) is 4.90 Å². The Morgan fingerprint density at radius 3 is 2.52 bits per heavy atom. The fraction of sp³-hybridized carbons (Fsp3) is 0.278. The van der Waals surface area contributed by atoms with E-state index in [-0.39, 0.29) is 11.1 Å². The molecule has 0 aliphatic carbocycles. The van der Waals surface area contributed by atoms with E-state index in [4.69, 9.17) is 11.6 Å². The number of amides is 1. The van der Waals surface area contributed by atoms with Gasteiger partial charge in [0.15, 0.2) is 10.8 Å². The number of halogens is 1. The third-order valence-electron chi connectivity index (χ3n) is 4.17. The molecule has 7 heteroatoms. The molecule has 2 aromatic heterocycles. The Morgan fingerprint density at radius 1 is 1.24 bits per heavy atom. The van der Waals surface area contributed by atoms with Gasteiger partial charge in [-0.2, -0.15) is 5.10 Å². The summed E-state index contributed by atoms with van der Waals surface area (Å²) in [6.07, 6.45) is 0.634. The standard InChI is InChI=1S/C18H19ClN4O2/c1-11(2)15-10-20-17-14(9-16(19)21-23(15)17)22(18(24)25)12(3)13-7-5-4-6-8-13/h4-12H,1-3H3,(H,24,25)/t12-/m0/s1. The van der Waals surface area contributed by atoms with E-state index in [1.54, 1.807) is 16.8 Å². The number of benzene rings is 1. The molecule has 1 N–H and O–H groups in total. The molecule has 0 saturated heterocycles. The third kappa shape index (κ3) is 3.17. The van der Waals surface area contributed by atoms with Gasteiger partial charge in [-0.1, -0.05) is 55.8 Å². The van der Waals surface area contributed by atoms with Crippen molar-refractivity contribution in [2.75, 3.05) is 4.90 Å². The molecule has 6 nitrogen and oxygen atoms in total. The quantitative estimate of drug-likeness (QED) is 0.730. The number of carboxylic acid groups (broad SMARTS) is 1. The summed E-state index contributed by atoms with van der Waals surface area (Å²) in [6.45, 7) is 5.88. The maximum Gasteiger partial charge on any atom is 0.412 e. The van der Waals surface area contributed by atoms with E-state index in [2.05, 4.69) is 10.1 Å². The minimum absolute atomic E-state index is 0.179. The molecular formula is C18H19ClN4O2. The van der Waals surface area contributed by atoms with Crippen LogP contribution in [-0.2, 0) is 0 Å². The lowest BCUT2D eigenvalue weighted by atomic mass is 10.1. The summed E-state index contributed by atoms with van der Waals surface area (Å²) in [7, 11) is 0. The van der Waals surface area contributed by atoms with Gasteiger partial charge >= 0.3 is 6.09 Å². The second-order valence-corrected chi connectivity index (χ2v) is 6.55. The largest absolute Gasteiger partial charge is 0.465 e. The smallest absolute Gasteiger partial charge is 0.412 e. The summed E-state index contributed by atoms with van der Waals surface area (Å²) in [5.41, 5.74) is 2.64. The molecule has 1 amide bonds. The molecule has 0 radical (unpaired) electrons. The molecule has 0 unspecified atom stereocenters. The van der Waals surface area contributed by atoms with Crippen molar-refractivity contribution in [3.63, 3.8) is 0 Å². The van der Waals surface area contributed by atoms with E-state index >= 15 is 0 Å². The lowest BCUT2D eigenvalue weighted by molar-refractivity contribution is 0.199. The molecule has 3 aromatic rings. The first-order valence-electron chi connectivity index (χ1n) is 8.01. The number of fused-ring (bicyclic) bond motifs is 1. The summed E-state index contributed by atoms with van der Waals surface area (Å²) in [6, 6.07) is 10.6. The van der Waals surface area contributed by atoms with Crippen LogP contribution in [0.2, 0.25) is 5.15 Å². The van der Waals surface area contributed by atoms with Gasteiger partial charge in [0.2, 0.25) is 0 Å². The molecule has 25 heavy (non-hydrogen) atoms. The van der Waals surface area contributed by atoms with Crippen LogP contribution in [0.15, 0.2) is 42.6 Å². The molecule has 2 heterocycles.